The minimum atomic E-state index is -3.27. The molecule has 0 radical (unpaired) electrons. The number of fused-ring (bicyclic) bond motifs is 7. The molecular formula is C71H98O14Si2. The topological polar surface area (TPSA) is 192 Å². The molecule has 12 rings (SSSR count). The number of benzene rings is 4. The molecule has 4 aliphatic carbocycles. The van der Waals surface area contributed by atoms with Gasteiger partial charge < -0.3 is 62.8 Å². The molecule has 4 aromatic rings. The molecule has 4 saturated carbocycles. The van der Waals surface area contributed by atoms with Gasteiger partial charge in [-0.3, -0.25) is 4.79 Å². The first kappa shape index (κ1) is 63.6. The second-order valence-corrected chi connectivity index (χ2v) is 38.9. The van der Waals surface area contributed by atoms with Gasteiger partial charge in [0.1, 0.15) is 54.6 Å². The van der Waals surface area contributed by atoms with Crippen molar-refractivity contribution >= 4 is 43.2 Å². The molecule has 4 aliphatic heterocycles. The molecule has 5 N–H and O–H groups in total. The van der Waals surface area contributed by atoms with Crippen LogP contribution in [0, 0.1) is 52.3 Å². The lowest BCUT2D eigenvalue weighted by molar-refractivity contribution is -0.363. The maximum Gasteiger partial charge on any atom is 0.261 e. The Morgan fingerprint density at radius 1 is 0.575 bits per heavy atom. The number of hydrogen-bond donors (Lipinski definition) is 5. The molecule has 0 bridgehead atoms. The Morgan fingerprint density at radius 3 is 1.60 bits per heavy atom. The molecule has 22 atom stereocenters. The van der Waals surface area contributed by atoms with Crippen LogP contribution in [0.2, 0.25) is 10.1 Å². The van der Waals surface area contributed by atoms with Crippen LogP contribution in [0.5, 0.6) is 0 Å². The third-order valence-electron chi connectivity index (χ3n) is 23.3. The Labute approximate surface area is 518 Å². The van der Waals surface area contributed by atoms with Crippen LogP contribution >= 0.6 is 0 Å². The number of aliphatic hydroxyl groups excluding tert-OH is 5. The lowest BCUT2D eigenvalue weighted by Gasteiger charge is -2.60. The summed E-state index contributed by atoms with van der Waals surface area (Å²) in [6.07, 6.45) is -7.74. The summed E-state index contributed by atoms with van der Waals surface area (Å²) < 4.78 is 55.5. The standard InChI is InChI=1S/C71H98O14Si2/c1-43-33-36-71(78-40-43)44(2)57-54(85-71)38-52-51-32-31-45-37-46(34-35-69(45,9)58(51)53(72)39-70(52,57)10)81-65-63(77)61(75)64(56(83-65)42-80-87(68(6,7)8,49-27-19-13-20-28-49)50-29-21-14-22-30-50)84-66-62(76)60(74)59(73)55(82-66)41-79-86(67(3,4)5,47-23-15-11-16-24-47)48-25-17-12-18-26-48/h11-30,43-46,51-52,54-66,73-77H,31-42H2,1-10H3/t43-,44+,45+,46+,51+,52+,54?,55-,56-,57?,58-,59-,60+,61-,62-,63-,64-,65-,66+,69+,70+,71-/m1/s1. The van der Waals surface area contributed by atoms with E-state index in [1.807, 2.05) is 72.8 Å². The molecular weight excluding hydrogens is 1130 g/mol. The van der Waals surface area contributed by atoms with Gasteiger partial charge in [0.2, 0.25) is 0 Å². The molecule has 4 aromatic carbocycles. The van der Waals surface area contributed by atoms with E-state index in [1.165, 1.54) is 0 Å². The first-order valence-corrected chi connectivity index (χ1v) is 36.5. The Hall–Kier alpha value is -3.54. The molecule has 8 fully saturated rings. The van der Waals surface area contributed by atoms with Gasteiger partial charge in [0, 0.05) is 24.7 Å². The molecule has 0 aromatic heterocycles. The zero-order valence-electron chi connectivity index (χ0n) is 52.9. The number of ketones is 1. The van der Waals surface area contributed by atoms with E-state index in [1.54, 1.807) is 0 Å². The summed E-state index contributed by atoms with van der Waals surface area (Å²) in [6, 6.07) is 40.5. The van der Waals surface area contributed by atoms with E-state index in [9.17, 15) is 25.5 Å². The quantitative estimate of drug-likeness (QED) is 0.0607. The summed E-state index contributed by atoms with van der Waals surface area (Å²) in [4.78, 5) is 15.0. The molecule has 8 aliphatic rings. The van der Waals surface area contributed by atoms with Crippen LogP contribution < -0.4 is 20.7 Å². The number of hydrogen-bond acceptors (Lipinski definition) is 14. The molecule has 16 heteroatoms. The van der Waals surface area contributed by atoms with Crippen molar-refractivity contribution in [2.75, 3.05) is 19.8 Å². The Kier molecular flexibility index (Phi) is 17.7. The predicted octanol–water partition coefficient (Wildman–Crippen LogP) is 7.79. The second kappa shape index (κ2) is 24.2. The van der Waals surface area contributed by atoms with Crippen molar-refractivity contribution in [1.82, 2.24) is 0 Å². The van der Waals surface area contributed by atoms with Crippen LogP contribution in [-0.2, 0) is 42.1 Å². The fraction of sp³-hybridized carbons (Fsp3) is 0.648. The van der Waals surface area contributed by atoms with Gasteiger partial charge in [-0.15, -0.1) is 0 Å². The van der Waals surface area contributed by atoms with E-state index in [2.05, 4.69) is 118 Å². The predicted molar refractivity (Wildman–Crippen MR) is 336 cm³/mol. The van der Waals surface area contributed by atoms with Crippen molar-refractivity contribution in [3.63, 3.8) is 0 Å². The van der Waals surface area contributed by atoms with E-state index < -0.39 is 93.9 Å². The molecule has 14 nitrogen and oxygen atoms in total. The van der Waals surface area contributed by atoms with E-state index in [0.717, 1.165) is 65.9 Å². The zero-order valence-corrected chi connectivity index (χ0v) is 54.9. The van der Waals surface area contributed by atoms with Crippen LogP contribution in [0.25, 0.3) is 0 Å². The second-order valence-electron chi connectivity index (χ2n) is 30.3. The number of carbonyl (C=O) groups excluding carboxylic acids is 1. The molecule has 0 amide bonds. The van der Waals surface area contributed by atoms with E-state index >= 15 is 4.79 Å². The van der Waals surface area contributed by atoms with Gasteiger partial charge in [0.15, 0.2) is 18.4 Å². The van der Waals surface area contributed by atoms with Gasteiger partial charge >= 0.3 is 0 Å². The van der Waals surface area contributed by atoms with E-state index in [0.29, 0.717) is 36.9 Å². The highest BCUT2D eigenvalue weighted by Gasteiger charge is 2.71. The molecule has 87 heavy (non-hydrogen) atoms. The average Bonchev–Trinajstić information content (AvgIpc) is 1.59. The van der Waals surface area contributed by atoms with Crippen LogP contribution in [0.15, 0.2) is 121 Å². The van der Waals surface area contributed by atoms with Crippen molar-refractivity contribution in [2.45, 2.75) is 217 Å². The van der Waals surface area contributed by atoms with E-state index in [-0.39, 0.29) is 65.8 Å². The fourth-order valence-corrected chi connectivity index (χ4v) is 28.1. The highest BCUT2D eigenvalue weighted by atomic mass is 28.4. The summed E-state index contributed by atoms with van der Waals surface area (Å²) >= 11 is 0. The van der Waals surface area contributed by atoms with Crippen LogP contribution in [0.1, 0.15) is 127 Å². The fourth-order valence-electron chi connectivity index (χ4n) is 18.9. The van der Waals surface area contributed by atoms with Gasteiger partial charge in [-0.05, 0) is 116 Å². The number of rotatable bonds is 14. The van der Waals surface area contributed by atoms with Crippen molar-refractivity contribution in [2.24, 2.45) is 52.3 Å². The minimum absolute atomic E-state index is 0.0524. The smallest absolute Gasteiger partial charge is 0.261 e. The maximum absolute atomic E-state index is 15.0. The van der Waals surface area contributed by atoms with Gasteiger partial charge in [0.25, 0.3) is 16.6 Å². The molecule has 4 saturated heterocycles. The van der Waals surface area contributed by atoms with E-state index in [4.69, 9.17) is 37.3 Å². The average molecular weight is 1230 g/mol. The maximum atomic E-state index is 15.0. The van der Waals surface area contributed by atoms with Crippen LogP contribution in [0.4, 0.5) is 0 Å². The highest BCUT2D eigenvalue weighted by Crippen LogP contribution is 2.71. The summed E-state index contributed by atoms with van der Waals surface area (Å²) in [5, 5.41) is 63.5. The van der Waals surface area contributed by atoms with Gasteiger partial charge in [0.05, 0.1) is 32.0 Å². The van der Waals surface area contributed by atoms with Crippen LogP contribution in [-0.4, -0.2) is 147 Å². The van der Waals surface area contributed by atoms with Crippen molar-refractivity contribution in [3.05, 3.63) is 121 Å². The minimum Gasteiger partial charge on any atom is -0.405 e. The van der Waals surface area contributed by atoms with Gasteiger partial charge in [-0.2, -0.15) is 0 Å². The molecule has 474 valence electrons. The summed E-state index contributed by atoms with van der Waals surface area (Å²) in [6.45, 7) is 22.7. The summed E-state index contributed by atoms with van der Waals surface area (Å²) in [5.41, 5.74) is -0.368. The Bertz CT molecular complexity index is 2900. The third kappa shape index (κ3) is 10.9. The number of carbonyl (C=O) groups is 1. The van der Waals surface area contributed by atoms with Crippen molar-refractivity contribution in [3.8, 4) is 0 Å². The molecule has 2 unspecified atom stereocenters. The number of ether oxygens (including phenoxy) is 6. The highest BCUT2D eigenvalue weighted by molar-refractivity contribution is 7.00. The molecule has 4 heterocycles. The zero-order chi connectivity index (χ0) is 61.6. The number of aliphatic hydroxyl groups is 5. The summed E-state index contributed by atoms with van der Waals surface area (Å²) in [7, 11) is -6.46. The summed E-state index contributed by atoms with van der Waals surface area (Å²) in [5.74, 6) is 1.72. The molecule has 1 spiro atoms. The third-order valence-corrected chi connectivity index (χ3v) is 33.3. The van der Waals surface area contributed by atoms with Gasteiger partial charge in [-0.25, -0.2) is 0 Å². The van der Waals surface area contributed by atoms with Crippen LogP contribution in [0.3, 0.4) is 0 Å². The normalized spacial score (nSPS) is 40.7. The first-order valence-electron chi connectivity index (χ1n) is 32.7. The lowest BCUT2D eigenvalue weighted by Crippen LogP contribution is -2.69. The first-order chi connectivity index (χ1) is 41.4. The monoisotopic (exact) mass is 1230 g/mol. The SMILES string of the molecule is C[C@@H]1CC[C@@]2(OC1)OC1C[C@H]3[C@@H]4CC[C@H]5C[C@@H](O[C@@H]6O[C@H](CO[Si](c7ccccc7)(c7ccccc7)C(C)(C)C)[C@@H](O[C@@H]7O[C@H](CO[Si](c8ccccc8)(c8ccccc8)C(C)(C)C)[C@@H](O)[C@H](O)[C@H]7O)[C@H](O)[C@H]6O)CC[C@]5(C)[C@H]4C(=O)C[C@]3(C)C1[C@@H]2C. The number of Topliss-reactive ketones (excluding diaryl/α,β-unsaturated/α-hetero) is 1. The lowest BCUT2D eigenvalue weighted by atomic mass is 9.44. The van der Waals surface area contributed by atoms with Crippen molar-refractivity contribution < 1.29 is 67.6 Å². The van der Waals surface area contributed by atoms with Gasteiger partial charge in [-0.1, -0.05) is 191 Å². The Morgan fingerprint density at radius 2 is 1.08 bits per heavy atom. The Balaban J connectivity index is 0.801. The van der Waals surface area contributed by atoms with Crippen molar-refractivity contribution in [1.29, 1.82) is 0 Å². The largest absolute Gasteiger partial charge is 0.405 e.